The molecule has 3 N–H and O–H groups in total. The van der Waals surface area contributed by atoms with Crippen LogP contribution in [-0.2, 0) is 24.0 Å². The van der Waals surface area contributed by atoms with E-state index in [0.717, 1.165) is 46.9 Å². The first-order valence-electron chi connectivity index (χ1n) is 33.3. The van der Waals surface area contributed by atoms with Crippen LogP contribution in [0, 0.1) is 17.8 Å². The lowest BCUT2D eigenvalue weighted by atomic mass is 9.92. The summed E-state index contributed by atoms with van der Waals surface area (Å²) in [5, 5.41) is 8.44. The predicted octanol–water partition coefficient (Wildman–Crippen LogP) is 11.6. The zero-order chi connectivity index (χ0) is 66.7. The third-order valence-corrected chi connectivity index (χ3v) is 18.6. The van der Waals surface area contributed by atoms with Crippen LogP contribution < -0.4 is 39.8 Å². The number of rotatable bonds is 26. The van der Waals surface area contributed by atoms with E-state index in [4.69, 9.17) is 28.9 Å². The Morgan fingerprint density at radius 3 is 1.80 bits per heavy atom. The summed E-state index contributed by atoms with van der Waals surface area (Å²) in [6.45, 7) is 10.4. The van der Waals surface area contributed by atoms with E-state index < -0.39 is 29.8 Å². The van der Waals surface area contributed by atoms with Crippen molar-refractivity contribution in [3.05, 3.63) is 156 Å². The van der Waals surface area contributed by atoms with Crippen molar-refractivity contribution in [2.75, 3.05) is 57.3 Å². The number of imide groups is 1. The molecule has 0 spiro atoms. The molecule has 6 heterocycles. The molecule has 2 saturated heterocycles. The van der Waals surface area contributed by atoms with Crippen molar-refractivity contribution in [3.8, 4) is 23.0 Å². The van der Waals surface area contributed by atoms with E-state index >= 15 is 0 Å². The molecule has 7 aliphatic rings. The highest BCUT2D eigenvalue weighted by Gasteiger charge is 2.40. The number of piperidine rings is 1. The van der Waals surface area contributed by atoms with E-state index in [1.807, 2.05) is 87.1 Å². The Hall–Kier alpha value is -9.85. The minimum absolute atomic E-state index is 0.133. The maximum Gasteiger partial charge on any atom is 0.260 e. The number of benzene rings is 4. The van der Waals surface area contributed by atoms with Gasteiger partial charge in [-0.1, -0.05) is 107 Å². The Morgan fingerprint density at radius 1 is 0.642 bits per heavy atom. The van der Waals surface area contributed by atoms with Crippen LogP contribution in [0.25, 0.3) is 11.1 Å². The molecule has 11 rings (SSSR count). The number of allylic oxidation sites excluding steroid dienone is 7. The van der Waals surface area contributed by atoms with E-state index in [9.17, 15) is 33.6 Å². The van der Waals surface area contributed by atoms with Gasteiger partial charge in [-0.3, -0.25) is 48.4 Å². The van der Waals surface area contributed by atoms with Crippen LogP contribution in [0.3, 0.4) is 0 Å². The summed E-state index contributed by atoms with van der Waals surface area (Å²) in [6.07, 6.45) is 29.0. The van der Waals surface area contributed by atoms with Gasteiger partial charge in [0.15, 0.2) is 23.0 Å². The molecule has 6 aliphatic heterocycles. The van der Waals surface area contributed by atoms with Crippen LogP contribution in [0.2, 0.25) is 0 Å². The highest BCUT2D eigenvalue weighted by atomic mass is 16.5. The van der Waals surface area contributed by atoms with E-state index in [1.165, 1.54) is 43.4 Å². The summed E-state index contributed by atoms with van der Waals surface area (Å²) in [4.78, 5) is 111. The van der Waals surface area contributed by atoms with Crippen LogP contribution >= 0.6 is 0 Å². The lowest BCUT2D eigenvalue weighted by Crippen LogP contribution is -2.53. The van der Waals surface area contributed by atoms with Crippen LogP contribution in [0.5, 0.6) is 23.0 Å². The number of amides is 7. The first-order valence-corrected chi connectivity index (χ1v) is 33.3. The maximum atomic E-state index is 14.2. The topological polar surface area (TPSA) is 230 Å². The van der Waals surface area contributed by atoms with Crippen LogP contribution in [0.1, 0.15) is 137 Å². The summed E-state index contributed by atoms with van der Waals surface area (Å²) in [7, 11) is 3.06. The molecule has 496 valence electrons. The van der Waals surface area contributed by atoms with Gasteiger partial charge >= 0.3 is 0 Å². The SMILES string of the molecule is CCCC1CCN(c2ccc(C3=CN4C(=O)c5cc(OC)c(OCCCOc6cc7c(cc6OC)C(=O)N6C=C(c8ccc(NC(=O)[C@H](C)NC(=O)C(NC(=O)CCCCCN9C(=O)CC(C%10=C/C=C\C=C/C=C\%10)C9=O)C(C)C)cc8)C[C@H]6C=N7)cc5N=C[C@@H]4C3)cc2)CC1. The van der Waals surface area contributed by atoms with Crippen molar-refractivity contribution in [2.24, 2.45) is 27.7 Å². The van der Waals surface area contributed by atoms with Gasteiger partial charge in [-0.2, -0.15) is 0 Å². The molecule has 20 heteroatoms. The summed E-state index contributed by atoms with van der Waals surface area (Å²) in [5.74, 6) is -0.376. The number of anilines is 2. The number of unbranched alkanes of at least 4 members (excludes halogenated alkanes) is 2. The minimum atomic E-state index is -0.936. The van der Waals surface area contributed by atoms with Gasteiger partial charge in [0, 0.05) is 100 Å². The molecule has 20 nitrogen and oxygen atoms in total. The number of fused-ring (bicyclic) bond motifs is 4. The average molecular weight is 1290 g/mol. The van der Waals surface area contributed by atoms with Crippen molar-refractivity contribution in [1.82, 2.24) is 25.3 Å². The van der Waals surface area contributed by atoms with Gasteiger partial charge in [0.1, 0.15) is 12.1 Å². The van der Waals surface area contributed by atoms with Crippen LogP contribution in [0.4, 0.5) is 22.7 Å². The number of hydrogen-bond donors (Lipinski definition) is 3. The van der Waals surface area contributed by atoms with Gasteiger partial charge in [0.25, 0.3) is 11.8 Å². The van der Waals surface area contributed by atoms with Gasteiger partial charge in [0.05, 0.1) is 67.9 Å². The Balaban J connectivity index is 0.616. The lowest BCUT2D eigenvalue weighted by Gasteiger charge is -2.33. The number of aliphatic imine (C=N–C) groups is 2. The molecule has 5 atom stereocenters. The fourth-order valence-electron chi connectivity index (χ4n) is 13.2. The van der Waals surface area contributed by atoms with Crippen molar-refractivity contribution < 1.29 is 52.5 Å². The minimum Gasteiger partial charge on any atom is -0.493 e. The molecule has 95 heavy (non-hydrogen) atoms. The second-order valence-corrected chi connectivity index (χ2v) is 25.5. The fourth-order valence-corrected chi connectivity index (χ4v) is 13.2. The van der Waals surface area contributed by atoms with Crippen LogP contribution in [0.15, 0.2) is 143 Å². The fraction of sp³-hybridized carbons (Fsp3) is 0.400. The lowest BCUT2D eigenvalue weighted by molar-refractivity contribution is -0.139. The molecule has 7 amide bonds. The van der Waals surface area contributed by atoms with E-state index in [1.54, 1.807) is 66.4 Å². The molecule has 2 fully saturated rings. The second-order valence-electron chi connectivity index (χ2n) is 25.5. The Bertz CT molecular complexity index is 3830. The zero-order valence-corrected chi connectivity index (χ0v) is 55.0. The van der Waals surface area contributed by atoms with E-state index in [-0.39, 0.29) is 80.1 Å². The van der Waals surface area contributed by atoms with Crippen molar-refractivity contribution >= 4 is 87.7 Å². The first kappa shape index (κ1) is 66.6. The molecule has 0 radical (unpaired) electrons. The molecule has 0 saturated carbocycles. The number of hydrogen-bond acceptors (Lipinski definition) is 14. The number of likely N-dealkylation sites (tertiary alicyclic amines) is 1. The van der Waals surface area contributed by atoms with E-state index in [2.05, 4.69) is 52.0 Å². The highest BCUT2D eigenvalue weighted by molar-refractivity contribution is 6.07. The molecule has 0 aromatic heterocycles. The van der Waals surface area contributed by atoms with Gasteiger partial charge < -0.3 is 49.6 Å². The van der Waals surface area contributed by atoms with Crippen molar-refractivity contribution in [3.63, 3.8) is 0 Å². The monoisotopic (exact) mass is 1290 g/mol. The Labute approximate surface area is 555 Å². The quantitative estimate of drug-likeness (QED) is 0.0394. The second kappa shape index (κ2) is 30.5. The number of nitrogens with zero attached hydrogens (tertiary/aromatic N) is 6. The largest absolute Gasteiger partial charge is 0.493 e. The van der Waals surface area contributed by atoms with Gasteiger partial charge in [-0.05, 0) is 109 Å². The first-order chi connectivity index (χ1) is 46.1. The smallest absolute Gasteiger partial charge is 0.260 e. The summed E-state index contributed by atoms with van der Waals surface area (Å²) < 4.78 is 23.9. The van der Waals surface area contributed by atoms with Gasteiger partial charge in [0.2, 0.25) is 29.5 Å². The summed E-state index contributed by atoms with van der Waals surface area (Å²) >= 11 is 0. The standard InChI is InChI=1S/C75H85N9O11/c1-7-17-49-29-32-81(33-30-49)56-27-23-51(24-28-56)54-37-58-44-77-63-42-67(65(93-6)39-61(63)75(91)84(58)46-54)95-35-16-34-94-66-41-62-60(38-64(66)92-5)74(90)83-45-53(36-57(83)43-76-62)50-21-25-55(26-22-50)79-71(87)48(4)78-72(88)70(47(2)3)80-68(85)20-14-11-15-31-82-69(86)40-59(73(82)89)52-18-12-9-8-10-13-19-52/h8-10,12-13,18-19,21-28,38-39,41-49,57-59,70H,7,11,14-17,20,29-37,40H2,1-6H3,(H,78,88)(H,79,87)(H,80,85)/b9-8-,10-8?,12-9?,13-10-,18-12-,19-13?,52-18?,52-19+/t48-,57-,58-,59?,70?/m0/s1. The third kappa shape index (κ3) is 15.5. The molecule has 0 bridgehead atoms. The highest BCUT2D eigenvalue weighted by Crippen LogP contribution is 2.43. The van der Waals surface area contributed by atoms with E-state index in [0.29, 0.717) is 89.7 Å². The molecular formula is C75H85N9O11. The third-order valence-electron chi connectivity index (χ3n) is 18.6. The number of methoxy groups -OCH3 is 2. The van der Waals surface area contributed by atoms with Crippen LogP contribution in [-0.4, -0.2) is 140 Å². The zero-order valence-electron chi connectivity index (χ0n) is 55.0. The Morgan fingerprint density at radius 2 is 1.22 bits per heavy atom. The summed E-state index contributed by atoms with van der Waals surface area (Å²) in [6, 6.07) is 20.4. The number of nitrogens with one attached hydrogen (secondary N) is 3. The van der Waals surface area contributed by atoms with Gasteiger partial charge in [-0.15, -0.1) is 0 Å². The van der Waals surface area contributed by atoms with Crippen molar-refractivity contribution in [1.29, 1.82) is 0 Å². The number of carbonyl (C=O) groups is 7. The molecule has 4 aromatic carbocycles. The maximum absolute atomic E-state index is 14.2. The molecule has 4 aromatic rings. The molecule has 2 unspecified atom stereocenters. The predicted molar refractivity (Wildman–Crippen MR) is 368 cm³/mol. The normalized spacial score (nSPS) is 21.1. The number of ether oxygens (including phenoxy) is 4. The Kier molecular flexibility index (Phi) is 21.4. The number of carbonyl (C=O) groups excluding carboxylic acids is 7. The van der Waals surface area contributed by atoms with Gasteiger partial charge in [-0.25, -0.2) is 0 Å². The average Bonchev–Trinajstić information content (AvgIpc) is 1.66. The molecular weight excluding hydrogens is 1200 g/mol. The van der Waals surface area contributed by atoms with Crippen molar-refractivity contribution in [2.45, 2.75) is 129 Å². The molecule has 1 aliphatic carbocycles. The summed E-state index contributed by atoms with van der Waals surface area (Å²) in [5.41, 5.74) is 8.20.